The molecule has 4 nitrogen and oxygen atoms in total. The maximum atomic E-state index is 13.8. The second-order valence-corrected chi connectivity index (χ2v) is 4.62. The summed E-state index contributed by atoms with van der Waals surface area (Å²) in [5.41, 5.74) is 0.595. The highest BCUT2D eigenvalue weighted by molar-refractivity contribution is 7.19. The van der Waals surface area contributed by atoms with Gasteiger partial charge in [-0.2, -0.15) is 0 Å². The van der Waals surface area contributed by atoms with E-state index in [1.165, 1.54) is 6.07 Å². The van der Waals surface area contributed by atoms with Crippen LogP contribution in [0.25, 0.3) is 16.2 Å². The summed E-state index contributed by atoms with van der Waals surface area (Å²) in [6, 6.07) is 6.10. The molecule has 0 fully saturated rings. The van der Waals surface area contributed by atoms with Crippen LogP contribution in [0.3, 0.4) is 0 Å². The number of nitrogens with zero attached hydrogens (tertiary/aromatic N) is 2. The van der Waals surface area contributed by atoms with Crippen LogP contribution in [0.5, 0.6) is 0 Å². The topological polar surface area (TPSA) is 54.6 Å². The lowest BCUT2D eigenvalue weighted by atomic mass is 10.1. The monoisotopic (exact) mass is 262 g/mol. The standard InChI is InChI=1S/C12H7FN2O2S/c13-8-4-2-1-3-7(8)9-10(11(16)17)18-12-14-5-6-15(9)12/h1-6H,(H,16,17). The lowest BCUT2D eigenvalue weighted by Gasteiger charge is -2.03. The van der Waals surface area contributed by atoms with Crippen molar-refractivity contribution >= 4 is 22.3 Å². The minimum Gasteiger partial charge on any atom is -0.477 e. The van der Waals surface area contributed by atoms with Crippen molar-refractivity contribution in [1.82, 2.24) is 9.38 Å². The van der Waals surface area contributed by atoms with Crippen LogP contribution in [0.1, 0.15) is 9.67 Å². The first-order valence-corrected chi connectivity index (χ1v) is 5.94. The van der Waals surface area contributed by atoms with Gasteiger partial charge in [0.2, 0.25) is 0 Å². The molecule has 1 N–H and O–H groups in total. The second-order valence-electron chi connectivity index (χ2n) is 3.64. The Bertz CT molecular complexity index is 747. The van der Waals surface area contributed by atoms with Crippen LogP contribution in [0.2, 0.25) is 0 Å². The molecule has 6 heteroatoms. The predicted octanol–water partition coefficient (Wildman–Crippen LogP) is 2.90. The number of carboxylic acids is 1. The van der Waals surface area contributed by atoms with E-state index in [4.69, 9.17) is 0 Å². The molecule has 0 atom stereocenters. The summed E-state index contributed by atoms with van der Waals surface area (Å²) >= 11 is 1.03. The molecular weight excluding hydrogens is 255 g/mol. The molecule has 0 radical (unpaired) electrons. The lowest BCUT2D eigenvalue weighted by molar-refractivity contribution is 0.0702. The smallest absolute Gasteiger partial charge is 0.348 e. The molecule has 0 aliphatic rings. The van der Waals surface area contributed by atoms with Gasteiger partial charge in [0.05, 0.1) is 5.69 Å². The normalized spacial score (nSPS) is 10.9. The first-order chi connectivity index (χ1) is 8.68. The number of aromatic nitrogens is 2. The molecule has 0 saturated carbocycles. The lowest BCUT2D eigenvalue weighted by Crippen LogP contribution is -1.98. The van der Waals surface area contributed by atoms with Crippen molar-refractivity contribution in [2.75, 3.05) is 0 Å². The Hall–Kier alpha value is -2.21. The number of thiazole rings is 1. The van der Waals surface area contributed by atoms with Crippen molar-refractivity contribution in [1.29, 1.82) is 0 Å². The third-order valence-corrected chi connectivity index (χ3v) is 3.64. The number of aromatic carboxylic acids is 1. The molecule has 0 amide bonds. The van der Waals surface area contributed by atoms with Crippen LogP contribution in [-0.2, 0) is 0 Å². The van der Waals surface area contributed by atoms with Gasteiger partial charge >= 0.3 is 5.97 Å². The molecule has 0 unspecified atom stereocenters. The molecule has 2 aromatic heterocycles. The summed E-state index contributed by atoms with van der Waals surface area (Å²) in [5.74, 6) is -1.53. The number of hydrogen-bond acceptors (Lipinski definition) is 3. The molecular formula is C12H7FN2O2S. The molecule has 0 aliphatic heterocycles. The number of benzene rings is 1. The molecule has 0 saturated heterocycles. The van der Waals surface area contributed by atoms with Gasteiger partial charge in [-0.3, -0.25) is 4.40 Å². The first kappa shape index (κ1) is 10.9. The fourth-order valence-corrected chi connectivity index (χ4v) is 2.77. The molecule has 3 aromatic rings. The SMILES string of the molecule is O=C(O)c1sc2nccn2c1-c1ccccc1F. The summed E-state index contributed by atoms with van der Waals surface area (Å²) in [4.78, 5) is 15.9. The van der Waals surface area contributed by atoms with Gasteiger partial charge in [-0.25, -0.2) is 14.2 Å². The van der Waals surface area contributed by atoms with E-state index in [1.54, 1.807) is 35.0 Å². The number of fused-ring (bicyclic) bond motifs is 1. The third-order valence-electron chi connectivity index (χ3n) is 2.58. The fourth-order valence-electron chi connectivity index (χ4n) is 1.83. The third kappa shape index (κ3) is 1.50. The maximum Gasteiger partial charge on any atom is 0.348 e. The first-order valence-electron chi connectivity index (χ1n) is 5.12. The molecule has 0 bridgehead atoms. The summed E-state index contributed by atoms with van der Waals surface area (Å²) in [6.45, 7) is 0. The van der Waals surface area contributed by atoms with Crippen molar-refractivity contribution in [2.45, 2.75) is 0 Å². The highest BCUT2D eigenvalue weighted by atomic mass is 32.1. The number of imidazole rings is 1. The Kier molecular flexibility index (Phi) is 2.38. The number of halogens is 1. The summed E-state index contributed by atoms with van der Waals surface area (Å²) in [7, 11) is 0. The zero-order chi connectivity index (χ0) is 12.7. The summed E-state index contributed by atoms with van der Waals surface area (Å²) in [6.07, 6.45) is 3.18. The summed E-state index contributed by atoms with van der Waals surface area (Å²) < 4.78 is 15.4. The van der Waals surface area contributed by atoms with E-state index in [1.807, 2.05) is 0 Å². The molecule has 90 valence electrons. The van der Waals surface area contributed by atoms with Gasteiger partial charge < -0.3 is 5.11 Å². The van der Waals surface area contributed by atoms with Gasteiger partial charge in [-0.05, 0) is 12.1 Å². The molecule has 18 heavy (non-hydrogen) atoms. The Balaban J connectivity index is 2.39. The molecule has 0 spiro atoms. The van der Waals surface area contributed by atoms with Gasteiger partial charge in [-0.1, -0.05) is 23.5 Å². The number of hydrogen-bond donors (Lipinski definition) is 1. The molecule has 1 aromatic carbocycles. The number of rotatable bonds is 2. The van der Waals surface area contributed by atoms with Crippen molar-refractivity contribution < 1.29 is 14.3 Å². The van der Waals surface area contributed by atoms with Crippen LogP contribution in [0, 0.1) is 5.82 Å². The molecule has 3 rings (SSSR count). The second kappa shape index (κ2) is 3.92. The minimum absolute atomic E-state index is 0.0863. The minimum atomic E-state index is -1.08. The number of carbonyl (C=O) groups is 1. The van der Waals surface area contributed by atoms with Gasteiger partial charge in [0.25, 0.3) is 0 Å². The fraction of sp³-hybridized carbons (Fsp3) is 0. The maximum absolute atomic E-state index is 13.8. The van der Waals surface area contributed by atoms with Gasteiger partial charge in [-0.15, -0.1) is 0 Å². The Morgan fingerprint density at radius 2 is 2.17 bits per heavy atom. The van der Waals surface area contributed by atoms with Gasteiger partial charge in [0.15, 0.2) is 4.96 Å². The zero-order valence-corrected chi connectivity index (χ0v) is 9.82. The van der Waals surface area contributed by atoms with Crippen LogP contribution in [0.4, 0.5) is 4.39 Å². The quantitative estimate of drug-likeness (QED) is 0.772. The molecule has 0 aliphatic carbocycles. The van der Waals surface area contributed by atoms with Crippen LogP contribution in [0.15, 0.2) is 36.7 Å². The Morgan fingerprint density at radius 1 is 1.39 bits per heavy atom. The Labute approximate surface area is 105 Å². The average Bonchev–Trinajstić information content (AvgIpc) is 2.89. The summed E-state index contributed by atoms with van der Waals surface area (Å²) in [5, 5.41) is 9.18. The molecule has 2 heterocycles. The van der Waals surface area contributed by atoms with E-state index in [2.05, 4.69) is 4.98 Å². The van der Waals surface area contributed by atoms with Gasteiger partial charge in [0.1, 0.15) is 10.7 Å². The van der Waals surface area contributed by atoms with E-state index in [9.17, 15) is 14.3 Å². The number of carboxylic acid groups (broad SMARTS) is 1. The highest BCUT2D eigenvalue weighted by Gasteiger charge is 2.21. The van der Waals surface area contributed by atoms with E-state index in [0.717, 1.165) is 11.3 Å². The van der Waals surface area contributed by atoms with Crippen LogP contribution < -0.4 is 0 Å². The zero-order valence-electron chi connectivity index (χ0n) is 9.00. The largest absolute Gasteiger partial charge is 0.477 e. The highest BCUT2D eigenvalue weighted by Crippen LogP contribution is 2.32. The average molecular weight is 262 g/mol. The van der Waals surface area contributed by atoms with Crippen LogP contribution in [-0.4, -0.2) is 20.5 Å². The van der Waals surface area contributed by atoms with E-state index < -0.39 is 11.8 Å². The van der Waals surface area contributed by atoms with E-state index >= 15 is 0 Å². The van der Waals surface area contributed by atoms with Crippen molar-refractivity contribution in [2.24, 2.45) is 0 Å². The predicted molar refractivity (Wildman–Crippen MR) is 65.4 cm³/mol. The van der Waals surface area contributed by atoms with Gasteiger partial charge in [0, 0.05) is 18.0 Å². The van der Waals surface area contributed by atoms with E-state index in [-0.39, 0.29) is 10.4 Å². The van der Waals surface area contributed by atoms with Crippen LogP contribution >= 0.6 is 11.3 Å². The van der Waals surface area contributed by atoms with Crippen molar-refractivity contribution in [3.63, 3.8) is 0 Å². The van der Waals surface area contributed by atoms with Crippen molar-refractivity contribution in [3.8, 4) is 11.3 Å². The Morgan fingerprint density at radius 3 is 2.89 bits per heavy atom. The van der Waals surface area contributed by atoms with Crippen molar-refractivity contribution in [3.05, 3.63) is 47.4 Å². The van der Waals surface area contributed by atoms with E-state index in [0.29, 0.717) is 10.7 Å².